The standard InChI is InChI=1S/C20H16F3N5O2/c1-11(29)27(2)18-13(4-3-7-24-18)12-5-6-14-16(8-12)28(10-20(21,22)23)19(30)15-9-25-26-17(14)15/h3-9,17H,10H2,1-2H3. The van der Waals surface area contributed by atoms with Gasteiger partial charge in [0.1, 0.15) is 18.4 Å². The van der Waals surface area contributed by atoms with Gasteiger partial charge >= 0.3 is 6.18 Å². The van der Waals surface area contributed by atoms with Crippen molar-refractivity contribution in [3.05, 3.63) is 53.9 Å². The highest BCUT2D eigenvalue weighted by Gasteiger charge is 2.43. The highest BCUT2D eigenvalue weighted by molar-refractivity contribution is 6.10. The Morgan fingerprint density at radius 3 is 2.73 bits per heavy atom. The van der Waals surface area contributed by atoms with Gasteiger partial charge in [-0.3, -0.25) is 19.4 Å². The van der Waals surface area contributed by atoms with E-state index < -0.39 is 24.7 Å². The van der Waals surface area contributed by atoms with E-state index in [1.165, 1.54) is 30.3 Å². The summed E-state index contributed by atoms with van der Waals surface area (Å²) in [6.07, 6.45) is -1.86. The number of amides is 2. The summed E-state index contributed by atoms with van der Waals surface area (Å²) in [7, 11) is 1.56. The van der Waals surface area contributed by atoms with Gasteiger partial charge in [-0.25, -0.2) is 4.98 Å². The third-order valence-corrected chi connectivity index (χ3v) is 5.01. The Hall–Kier alpha value is -3.56. The molecule has 1 aromatic heterocycles. The second-order valence-electron chi connectivity index (χ2n) is 6.95. The van der Waals surface area contributed by atoms with Gasteiger partial charge in [-0.2, -0.15) is 23.4 Å². The molecule has 2 aliphatic heterocycles. The minimum atomic E-state index is -4.59. The van der Waals surface area contributed by atoms with Crippen LogP contribution < -0.4 is 9.80 Å². The zero-order chi connectivity index (χ0) is 21.6. The number of azo groups is 1. The quantitative estimate of drug-likeness (QED) is 0.759. The van der Waals surface area contributed by atoms with Crippen molar-refractivity contribution in [2.24, 2.45) is 10.2 Å². The van der Waals surface area contributed by atoms with E-state index in [1.807, 2.05) is 0 Å². The molecule has 0 radical (unpaired) electrons. The predicted octanol–water partition coefficient (Wildman–Crippen LogP) is 4.03. The summed E-state index contributed by atoms with van der Waals surface area (Å²) in [5, 5.41) is 7.72. The first-order valence-electron chi connectivity index (χ1n) is 8.99. The van der Waals surface area contributed by atoms with Crippen molar-refractivity contribution in [2.75, 3.05) is 23.4 Å². The topological polar surface area (TPSA) is 78.2 Å². The van der Waals surface area contributed by atoms with Crippen LogP contribution in [0.15, 0.2) is 58.5 Å². The number of carbonyl (C=O) groups is 2. The molecule has 2 amide bonds. The number of aromatic nitrogens is 1. The van der Waals surface area contributed by atoms with Crippen LogP contribution in [0.5, 0.6) is 0 Å². The van der Waals surface area contributed by atoms with Crippen LogP contribution in [0.1, 0.15) is 18.5 Å². The first kappa shape index (κ1) is 19.7. The molecule has 0 saturated carbocycles. The third kappa shape index (κ3) is 3.34. The van der Waals surface area contributed by atoms with Gasteiger partial charge in [0.15, 0.2) is 0 Å². The number of alkyl halides is 3. The molecule has 0 N–H and O–H groups in total. The average Bonchev–Trinajstić information content (AvgIpc) is 3.19. The van der Waals surface area contributed by atoms with Gasteiger partial charge in [-0.15, -0.1) is 0 Å². The van der Waals surface area contributed by atoms with Crippen LogP contribution in [0.2, 0.25) is 0 Å². The zero-order valence-electron chi connectivity index (χ0n) is 16.0. The van der Waals surface area contributed by atoms with Gasteiger partial charge in [0.2, 0.25) is 5.91 Å². The smallest absolute Gasteiger partial charge is 0.300 e. The maximum atomic E-state index is 13.2. The van der Waals surface area contributed by atoms with E-state index in [9.17, 15) is 22.8 Å². The molecule has 3 heterocycles. The van der Waals surface area contributed by atoms with E-state index in [0.29, 0.717) is 27.4 Å². The maximum Gasteiger partial charge on any atom is 0.406 e. The fourth-order valence-electron chi connectivity index (χ4n) is 3.51. The lowest BCUT2D eigenvalue weighted by atomic mass is 9.90. The van der Waals surface area contributed by atoms with Crippen LogP contribution >= 0.6 is 0 Å². The van der Waals surface area contributed by atoms with Crippen LogP contribution in [0, 0.1) is 0 Å². The lowest BCUT2D eigenvalue weighted by molar-refractivity contribution is -0.130. The molecule has 4 rings (SSSR count). The molecule has 7 nitrogen and oxygen atoms in total. The minimum Gasteiger partial charge on any atom is -0.300 e. The van der Waals surface area contributed by atoms with Crippen LogP contribution in [0.25, 0.3) is 11.1 Å². The fraction of sp³-hybridized carbons (Fsp3) is 0.250. The molecule has 0 saturated heterocycles. The normalized spacial score (nSPS) is 17.5. The van der Waals surface area contributed by atoms with Crippen molar-refractivity contribution in [1.82, 2.24) is 4.98 Å². The first-order valence-corrected chi connectivity index (χ1v) is 8.99. The number of pyridine rings is 1. The van der Waals surface area contributed by atoms with Crippen molar-refractivity contribution < 1.29 is 22.8 Å². The molecule has 1 unspecified atom stereocenters. The Morgan fingerprint density at radius 2 is 2.03 bits per heavy atom. The van der Waals surface area contributed by atoms with Crippen LogP contribution in [0.3, 0.4) is 0 Å². The molecular weight excluding hydrogens is 399 g/mol. The summed E-state index contributed by atoms with van der Waals surface area (Å²) in [5.41, 5.74) is 1.75. The van der Waals surface area contributed by atoms with Crippen molar-refractivity contribution in [3.63, 3.8) is 0 Å². The SMILES string of the molecule is CC(=O)N(C)c1ncccc1-c1ccc2c(c1)N(CC(F)(F)F)C(=O)C1=CN=NC12. The Labute approximate surface area is 169 Å². The van der Waals surface area contributed by atoms with Gasteiger partial charge in [0.25, 0.3) is 5.91 Å². The van der Waals surface area contributed by atoms with E-state index in [2.05, 4.69) is 15.2 Å². The number of hydrogen-bond acceptors (Lipinski definition) is 5. The maximum absolute atomic E-state index is 13.2. The summed E-state index contributed by atoms with van der Waals surface area (Å²) >= 11 is 0. The lowest BCUT2D eigenvalue weighted by Gasteiger charge is -2.33. The average molecular weight is 415 g/mol. The second-order valence-corrected chi connectivity index (χ2v) is 6.95. The Balaban J connectivity index is 1.87. The molecule has 0 bridgehead atoms. The van der Waals surface area contributed by atoms with Gasteiger partial charge in [0.05, 0.1) is 17.5 Å². The number of rotatable bonds is 3. The molecule has 0 fully saturated rings. The molecule has 10 heteroatoms. The predicted molar refractivity (Wildman–Crippen MR) is 103 cm³/mol. The first-order chi connectivity index (χ1) is 14.2. The number of anilines is 2. The van der Waals surface area contributed by atoms with Gasteiger partial charge < -0.3 is 0 Å². The van der Waals surface area contributed by atoms with E-state index in [1.54, 1.807) is 31.3 Å². The van der Waals surface area contributed by atoms with Gasteiger partial charge in [-0.05, 0) is 23.8 Å². The number of nitrogens with zero attached hydrogens (tertiary/aromatic N) is 5. The van der Waals surface area contributed by atoms with Crippen molar-refractivity contribution >= 4 is 23.3 Å². The Bertz CT molecular complexity index is 1110. The summed E-state index contributed by atoms with van der Waals surface area (Å²) in [4.78, 5) is 30.8. The molecule has 154 valence electrons. The van der Waals surface area contributed by atoms with Crippen LogP contribution in [-0.4, -0.2) is 36.6 Å². The molecule has 30 heavy (non-hydrogen) atoms. The molecule has 0 aliphatic carbocycles. The van der Waals surface area contributed by atoms with Crippen LogP contribution in [-0.2, 0) is 9.59 Å². The summed E-state index contributed by atoms with van der Waals surface area (Å²) in [6, 6.07) is 7.49. The zero-order valence-corrected chi connectivity index (χ0v) is 16.0. The second kappa shape index (κ2) is 7.05. The number of benzene rings is 1. The fourth-order valence-corrected chi connectivity index (χ4v) is 3.51. The number of hydrogen-bond donors (Lipinski definition) is 0. The highest BCUT2D eigenvalue weighted by Crippen LogP contribution is 2.45. The summed E-state index contributed by atoms with van der Waals surface area (Å²) in [6.45, 7) is -0.0480. The molecule has 2 aromatic rings. The van der Waals surface area contributed by atoms with E-state index in [0.717, 1.165) is 0 Å². The van der Waals surface area contributed by atoms with E-state index in [-0.39, 0.29) is 17.2 Å². The molecule has 1 aromatic carbocycles. The number of carbonyl (C=O) groups excluding carboxylic acids is 2. The summed E-state index contributed by atoms with van der Waals surface area (Å²) in [5.74, 6) is -0.669. The number of halogens is 3. The Morgan fingerprint density at radius 1 is 1.27 bits per heavy atom. The van der Waals surface area contributed by atoms with E-state index in [4.69, 9.17) is 0 Å². The number of fused-ring (bicyclic) bond motifs is 3. The largest absolute Gasteiger partial charge is 0.406 e. The summed E-state index contributed by atoms with van der Waals surface area (Å²) < 4.78 is 39.7. The van der Waals surface area contributed by atoms with Crippen LogP contribution in [0.4, 0.5) is 24.7 Å². The van der Waals surface area contributed by atoms with E-state index >= 15 is 0 Å². The van der Waals surface area contributed by atoms with Gasteiger partial charge in [-0.1, -0.05) is 12.1 Å². The van der Waals surface area contributed by atoms with Crippen molar-refractivity contribution in [2.45, 2.75) is 19.1 Å². The molecule has 0 spiro atoms. The molecular formula is C20H16F3N5O2. The molecule has 2 aliphatic rings. The van der Waals surface area contributed by atoms with Gasteiger partial charge in [0, 0.05) is 31.3 Å². The highest BCUT2D eigenvalue weighted by atomic mass is 19.4. The third-order valence-electron chi connectivity index (χ3n) is 5.01. The van der Waals surface area contributed by atoms with Crippen molar-refractivity contribution in [1.29, 1.82) is 0 Å². The minimum absolute atomic E-state index is 0.109. The monoisotopic (exact) mass is 415 g/mol. The van der Waals surface area contributed by atoms with Crippen molar-refractivity contribution in [3.8, 4) is 11.1 Å². The lowest BCUT2D eigenvalue weighted by Crippen LogP contribution is -2.43. The Kier molecular flexibility index (Phi) is 4.64. The molecule has 1 atom stereocenters.